The fourth-order valence-corrected chi connectivity index (χ4v) is 5.12. The van der Waals surface area contributed by atoms with Crippen molar-refractivity contribution in [1.82, 2.24) is 9.44 Å². The summed E-state index contributed by atoms with van der Waals surface area (Å²) < 4.78 is 53.4. The van der Waals surface area contributed by atoms with E-state index in [1.54, 1.807) is 13.8 Å². The SMILES string of the molecule is CCNS(=O)(=O)c1ccc2c(c1)C(=O)c1ccc(S(=O)(=O)NCC)cc1C2=O. The number of benzene rings is 2. The van der Waals surface area contributed by atoms with Crippen LogP contribution in [0.5, 0.6) is 0 Å². The normalized spacial score (nSPS) is 13.9. The van der Waals surface area contributed by atoms with Crippen molar-refractivity contribution in [1.29, 1.82) is 0 Å². The van der Waals surface area contributed by atoms with Gasteiger partial charge in [0.05, 0.1) is 9.79 Å². The summed E-state index contributed by atoms with van der Waals surface area (Å²) in [5, 5.41) is 0. The molecule has 0 heterocycles. The van der Waals surface area contributed by atoms with Crippen LogP contribution in [0.3, 0.4) is 0 Å². The van der Waals surface area contributed by atoms with Gasteiger partial charge in [-0.05, 0) is 36.4 Å². The van der Waals surface area contributed by atoms with Crippen LogP contribution in [0.1, 0.15) is 45.7 Å². The fraction of sp³-hybridized carbons (Fsp3) is 0.222. The summed E-state index contributed by atoms with van der Waals surface area (Å²) in [5.41, 5.74) is 0.00873. The molecule has 148 valence electrons. The molecule has 0 spiro atoms. The molecule has 0 bridgehead atoms. The first kappa shape index (κ1) is 20.3. The van der Waals surface area contributed by atoms with Gasteiger partial charge >= 0.3 is 0 Å². The highest BCUT2D eigenvalue weighted by Crippen LogP contribution is 2.30. The summed E-state index contributed by atoms with van der Waals surface area (Å²) in [6.07, 6.45) is 0. The fourth-order valence-electron chi connectivity index (χ4n) is 2.99. The van der Waals surface area contributed by atoms with E-state index < -0.39 is 31.6 Å². The second-order valence-corrected chi connectivity index (χ2v) is 9.61. The Morgan fingerprint density at radius 2 is 1.00 bits per heavy atom. The number of hydrogen-bond acceptors (Lipinski definition) is 6. The van der Waals surface area contributed by atoms with Gasteiger partial charge in [0.2, 0.25) is 20.0 Å². The number of carbonyl (C=O) groups excluding carboxylic acids is 2. The Bertz CT molecular complexity index is 1110. The van der Waals surface area contributed by atoms with Crippen LogP contribution in [0, 0.1) is 0 Å². The van der Waals surface area contributed by atoms with Crippen LogP contribution in [-0.2, 0) is 20.0 Å². The zero-order chi connectivity index (χ0) is 20.7. The zero-order valence-corrected chi connectivity index (χ0v) is 16.8. The quantitative estimate of drug-likeness (QED) is 0.612. The maximum atomic E-state index is 12.8. The third-order valence-electron chi connectivity index (χ3n) is 4.25. The molecule has 2 N–H and O–H groups in total. The minimum Gasteiger partial charge on any atom is -0.289 e. The number of carbonyl (C=O) groups is 2. The van der Waals surface area contributed by atoms with Gasteiger partial charge in [-0.1, -0.05) is 13.8 Å². The van der Waals surface area contributed by atoms with Gasteiger partial charge in [0.15, 0.2) is 11.6 Å². The molecule has 1 aliphatic rings. The van der Waals surface area contributed by atoms with E-state index in [1.165, 1.54) is 36.4 Å². The lowest BCUT2D eigenvalue weighted by molar-refractivity contribution is 0.0978. The molecule has 8 nitrogen and oxygen atoms in total. The van der Waals surface area contributed by atoms with Crippen molar-refractivity contribution in [2.75, 3.05) is 13.1 Å². The monoisotopic (exact) mass is 422 g/mol. The predicted octanol–water partition coefficient (Wildman–Crippen LogP) is 1.06. The molecular weight excluding hydrogens is 404 g/mol. The first-order valence-electron chi connectivity index (χ1n) is 8.49. The van der Waals surface area contributed by atoms with E-state index in [4.69, 9.17) is 0 Å². The summed E-state index contributed by atoms with van der Waals surface area (Å²) in [7, 11) is -7.59. The smallest absolute Gasteiger partial charge is 0.240 e. The van der Waals surface area contributed by atoms with Crippen molar-refractivity contribution in [3.63, 3.8) is 0 Å². The van der Waals surface area contributed by atoms with Crippen LogP contribution >= 0.6 is 0 Å². The van der Waals surface area contributed by atoms with E-state index in [2.05, 4.69) is 9.44 Å². The van der Waals surface area contributed by atoms with Gasteiger partial charge in [-0.2, -0.15) is 0 Å². The highest BCUT2D eigenvalue weighted by molar-refractivity contribution is 7.89. The van der Waals surface area contributed by atoms with Crippen LogP contribution in [0.25, 0.3) is 0 Å². The van der Waals surface area contributed by atoms with Gasteiger partial charge in [0, 0.05) is 35.3 Å². The Hall–Kier alpha value is -2.40. The van der Waals surface area contributed by atoms with E-state index in [0.29, 0.717) is 0 Å². The van der Waals surface area contributed by atoms with Crippen molar-refractivity contribution in [2.24, 2.45) is 0 Å². The minimum absolute atomic E-state index is 0.0289. The molecule has 0 aromatic heterocycles. The Morgan fingerprint density at radius 1 is 0.643 bits per heavy atom. The standard InChI is InChI=1S/C18H18N2O6S2/c1-3-19-27(23,24)11-5-7-13-15(9-11)17(21)14-8-6-12(10-16(14)18(13)22)28(25,26)20-4-2/h5-10,19-20H,3-4H2,1-2H3. The van der Waals surface area contributed by atoms with E-state index in [1.807, 2.05) is 0 Å². The molecule has 3 rings (SSSR count). The number of sulfonamides is 2. The number of rotatable bonds is 6. The van der Waals surface area contributed by atoms with Crippen molar-refractivity contribution in [3.05, 3.63) is 58.7 Å². The average Bonchev–Trinajstić information content (AvgIpc) is 2.65. The molecule has 10 heteroatoms. The lowest BCUT2D eigenvalue weighted by Gasteiger charge is -2.19. The number of fused-ring (bicyclic) bond motifs is 2. The first-order valence-corrected chi connectivity index (χ1v) is 11.5. The van der Waals surface area contributed by atoms with Crippen LogP contribution in [0.2, 0.25) is 0 Å². The van der Waals surface area contributed by atoms with Crippen molar-refractivity contribution in [3.8, 4) is 0 Å². The first-order chi connectivity index (χ1) is 13.1. The maximum Gasteiger partial charge on any atom is 0.240 e. The lowest BCUT2D eigenvalue weighted by atomic mass is 9.84. The molecule has 28 heavy (non-hydrogen) atoms. The molecule has 0 amide bonds. The molecule has 2 aromatic carbocycles. The van der Waals surface area contributed by atoms with Crippen LogP contribution in [0.4, 0.5) is 0 Å². The van der Waals surface area contributed by atoms with Gasteiger partial charge in [-0.3, -0.25) is 9.59 Å². The highest BCUT2D eigenvalue weighted by atomic mass is 32.2. The molecular formula is C18H18N2O6S2. The van der Waals surface area contributed by atoms with Gasteiger partial charge < -0.3 is 0 Å². The van der Waals surface area contributed by atoms with Gasteiger partial charge in [-0.25, -0.2) is 26.3 Å². The van der Waals surface area contributed by atoms with E-state index in [9.17, 15) is 26.4 Å². The molecule has 1 aliphatic carbocycles. The molecule has 2 aromatic rings. The second kappa shape index (κ2) is 7.21. The van der Waals surface area contributed by atoms with E-state index in [-0.39, 0.29) is 45.1 Å². The molecule has 0 aliphatic heterocycles. The summed E-state index contributed by atoms with van der Waals surface area (Å²) in [5.74, 6) is -1.07. The lowest BCUT2D eigenvalue weighted by Crippen LogP contribution is -2.27. The van der Waals surface area contributed by atoms with E-state index in [0.717, 1.165) is 0 Å². The Morgan fingerprint density at radius 3 is 1.32 bits per heavy atom. The summed E-state index contributed by atoms with van der Waals surface area (Å²) in [6, 6.07) is 7.36. The van der Waals surface area contributed by atoms with Crippen LogP contribution in [0.15, 0.2) is 46.2 Å². The molecule has 0 saturated carbocycles. The zero-order valence-electron chi connectivity index (χ0n) is 15.1. The number of nitrogens with one attached hydrogen (secondary N) is 2. The average molecular weight is 422 g/mol. The van der Waals surface area contributed by atoms with Gasteiger partial charge in [0.25, 0.3) is 0 Å². The molecule has 0 atom stereocenters. The Labute approximate surface area is 163 Å². The molecule has 0 saturated heterocycles. The highest BCUT2D eigenvalue weighted by Gasteiger charge is 2.32. The minimum atomic E-state index is -3.80. The summed E-state index contributed by atoms with van der Waals surface area (Å²) in [6.45, 7) is 3.61. The van der Waals surface area contributed by atoms with Crippen molar-refractivity contribution in [2.45, 2.75) is 23.6 Å². The van der Waals surface area contributed by atoms with Crippen molar-refractivity contribution < 1.29 is 26.4 Å². The third kappa shape index (κ3) is 3.39. The topological polar surface area (TPSA) is 126 Å². The predicted molar refractivity (Wildman–Crippen MR) is 101 cm³/mol. The summed E-state index contributed by atoms with van der Waals surface area (Å²) >= 11 is 0. The van der Waals surface area contributed by atoms with Gasteiger partial charge in [-0.15, -0.1) is 0 Å². The maximum absolute atomic E-state index is 12.8. The van der Waals surface area contributed by atoms with Crippen LogP contribution < -0.4 is 9.44 Å². The van der Waals surface area contributed by atoms with E-state index >= 15 is 0 Å². The summed E-state index contributed by atoms with van der Waals surface area (Å²) in [4.78, 5) is 25.4. The Kier molecular flexibility index (Phi) is 5.24. The second-order valence-electron chi connectivity index (χ2n) is 6.08. The molecule has 0 fully saturated rings. The molecule has 0 unspecified atom stereocenters. The number of ketones is 2. The van der Waals surface area contributed by atoms with Crippen LogP contribution in [-0.4, -0.2) is 41.5 Å². The number of hydrogen-bond donors (Lipinski definition) is 2. The third-order valence-corrected chi connectivity index (χ3v) is 7.34. The largest absolute Gasteiger partial charge is 0.289 e. The Balaban J connectivity index is 2.13. The van der Waals surface area contributed by atoms with Gasteiger partial charge in [0.1, 0.15) is 0 Å². The van der Waals surface area contributed by atoms with Crippen molar-refractivity contribution >= 4 is 31.6 Å². The molecule has 0 radical (unpaired) electrons.